The maximum absolute atomic E-state index is 12.1. The van der Waals surface area contributed by atoms with Gasteiger partial charge in [-0.1, -0.05) is 41.9 Å². The maximum atomic E-state index is 12.1. The molecule has 2 aromatic rings. The van der Waals surface area contributed by atoms with E-state index < -0.39 is 6.04 Å². The third-order valence-corrected chi connectivity index (χ3v) is 3.24. The summed E-state index contributed by atoms with van der Waals surface area (Å²) in [5.41, 5.74) is 7.27. The zero-order valence-corrected chi connectivity index (χ0v) is 12.4. The van der Waals surface area contributed by atoms with Gasteiger partial charge in [-0.15, -0.1) is 0 Å². The van der Waals surface area contributed by atoms with E-state index in [1.165, 1.54) is 0 Å². The fraction of sp³-hybridized carbons (Fsp3) is 0.188. The fourth-order valence-electron chi connectivity index (χ4n) is 1.88. The number of amides is 1. The molecule has 0 saturated carbocycles. The molecule has 0 spiro atoms. The number of hydrogen-bond donors (Lipinski definition) is 2. The zero-order valence-electron chi connectivity index (χ0n) is 11.7. The van der Waals surface area contributed by atoms with E-state index in [9.17, 15) is 4.79 Å². The van der Waals surface area contributed by atoms with E-state index >= 15 is 0 Å². The van der Waals surface area contributed by atoms with Crippen LogP contribution in [-0.2, 0) is 4.79 Å². The maximum Gasteiger partial charge on any atom is 0.245 e. The number of benzene rings is 2. The highest BCUT2D eigenvalue weighted by Crippen LogP contribution is 2.28. The summed E-state index contributed by atoms with van der Waals surface area (Å²) < 4.78 is 5.34. The molecular weight excluding hydrogens is 288 g/mol. The van der Waals surface area contributed by atoms with Gasteiger partial charge in [0.25, 0.3) is 0 Å². The van der Waals surface area contributed by atoms with Crippen molar-refractivity contribution in [2.75, 3.05) is 11.9 Å². The van der Waals surface area contributed by atoms with E-state index in [0.717, 1.165) is 5.56 Å². The molecule has 0 aliphatic heterocycles. The number of anilines is 1. The Balaban J connectivity index is 2.07. The lowest BCUT2D eigenvalue weighted by molar-refractivity contribution is -0.117. The molecule has 4 nitrogen and oxygen atoms in total. The van der Waals surface area contributed by atoms with Gasteiger partial charge in [-0.2, -0.15) is 0 Å². The molecular formula is C16H17ClN2O2. The molecule has 1 atom stereocenters. The summed E-state index contributed by atoms with van der Waals surface area (Å²) in [6.45, 7) is 2.41. The number of carbonyl (C=O) groups is 1. The van der Waals surface area contributed by atoms with Crippen molar-refractivity contribution in [3.63, 3.8) is 0 Å². The van der Waals surface area contributed by atoms with E-state index in [4.69, 9.17) is 22.1 Å². The lowest BCUT2D eigenvalue weighted by Crippen LogP contribution is -2.27. The topological polar surface area (TPSA) is 64.3 Å². The van der Waals surface area contributed by atoms with E-state index in [2.05, 4.69) is 5.32 Å². The molecule has 0 aromatic heterocycles. The molecule has 2 aromatic carbocycles. The fourth-order valence-corrected chi connectivity index (χ4v) is 2.12. The zero-order chi connectivity index (χ0) is 15.2. The Bertz CT molecular complexity index is 617. The first-order valence-electron chi connectivity index (χ1n) is 6.65. The Hall–Kier alpha value is -2.04. The van der Waals surface area contributed by atoms with Crippen LogP contribution in [0, 0.1) is 0 Å². The average Bonchev–Trinajstić information content (AvgIpc) is 2.50. The Labute approximate surface area is 128 Å². The van der Waals surface area contributed by atoms with Gasteiger partial charge in [0.2, 0.25) is 5.91 Å². The molecule has 0 radical (unpaired) electrons. The number of halogens is 1. The van der Waals surface area contributed by atoms with Crippen molar-refractivity contribution in [1.29, 1.82) is 0 Å². The Morgan fingerprint density at radius 1 is 1.29 bits per heavy atom. The molecule has 0 unspecified atom stereocenters. The van der Waals surface area contributed by atoms with E-state index in [1.54, 1.807) is 18.2 Å². The number of rotatable bonds is 5. The molecule has 0 aliphatic carbocycles. The number of carbonyl (C=O) groups excluding carboxylic acids is 1. The summed E-state index contributed by atoms with van der Waals surface area (Å²) in [6.07, 6.45) is 0. The first-order chi connectivity index (χ1) is 10.1. The minimum absolute atomic E-state index is 0.290. The Morgan fingerprint density at radius 2 is 2.00 bits per heavy atom. The second-order valence-electron chi connectivity index (χ2n) is 4.46. The molecule has 0 bridgehead atoms. The first-order valence-corrected chi connectivity index (χ1v) is 7.03. The van der Waals surface area contributed by atoms with Crippen LogP contribution in [0.5, 0.6) is 5.75 Å². The highest BCUT2D eigenvalue weighted by molar-refractivity contribution is 6.32. The molecule has 0 saturated heterocycles. The van der Waals surface area contributed by atoms with Crippen LogP contribution < -0.4 is 15.8 Å². The Kier molecular flexibility index (Phi) is 5.20. The molecule has 110 valence electrons. The molecule has 2 rings (SSSR count). The van der Waals surface area contributed by atoms with Crippen LogP contribution in [-0.4, -0.2) is 12.5 Å². The van der Waals surface area contributed by atoms with Crippen LogP contribution in [0.2, 0.25) is 5.02 Å². The third kappa shape index (κ3) is 3.97. The van der Waals surface area contributed by atoms with Gasteiger partial charge in [0.15, 0.2) is 0 Å². The third-order valence-electron chi connectivity index (χ3n) is 2.94. The largest absolute Gasteiger partial charge is 0.492 e. The number of nitrogens with one attached hydrogen (secondary N) is 1. The minimum atomic E-state index is -0.725. The second kappa shape index (κ2) is 7.11. The van der Waals surface area contributed by atoms with Crippen LogP contribution in [0.15, 0.2) is 48.5 Å². The minimum Gasteiger partial charge on any atom is -0.492 e. The summed E-state index contributed by atoms with van der Waals surface area (Å²) >= 11 is 6.08. The van der Waals surface area contributed by atoms with Gasteiger partial charge in [0.05, 0.1) is 11.6 Å². The summed E-state index contributed by atoms with van der Waals surface area (Å²) in [4.78, 5) is 12.1. The predicted octanol–water partition coefficient (Wildman–Crippen LogP) is 3.38. The molecule has 3 N–H and O–H groups in total. The van der Waals surface area contributed by atoms with Crippen LogP contribution in [0.25, 0.3) is 0 Å². The molecule has 21 heavy (non-hydrogen) atoms. The second-order valence-corrected chi connectivity index (χ2v) is 4.86. The SMILES string of the molecule is CCOc1ccc(NC(=O)[C@@H](N)c2ccccc2)cc1Cl. The lowest BCUT2D eigenvalue weighted by Gasteiger charge is -2.13. The lowest BCUT2D eigenvalue weighted by atomic mass is 10.1. The number of nitrogens with two attached hydrogens (primary N) is 1. The van der Waals surface area contributed by atoms with Crippen molar-refractivity contribution in [3.05, 3.63) is 59.1 Å². The van der Waals surface area contributed by atoms with E-state index in [1.807, 2.05) is 37.3 Å². The van der Waals surface area contributed by atoms with Crippen LogP contribution in [0.1, 0.15) is 18.5 Å². The quantitative estimate of drug-likeness (QED) is 0.890. The van der Waals surface area contributed by atoms with Gasteiger partial charge >= 0.3 is 0 Å². The standard InChI is InChI=1S/C16H17ClN2O2/c1-2-21-14-9-8-12(10-13(14)17)19-16(20)15(18)11-6-4-3-5-7-11/h3-10,15H,2,18H2,1H3,(H,19,20)/t15-/m0/s1. The number of ether oxygens (including phenoxy) is 1. The summed E-state index contributed by atoms with van der Waals surface area (Å²) in [6, 6.07) is 13.6. The molecule has 0 heterocycles. The molecule has 0 aliphatic rings. The van der Waals surface area contributed by atoms with Crippen molar-refractivity contribution >= 4 is 23.2 Å². The molecule has 5 heteroatoms. The predicted molar refractivity (Wildman–Crippen MR) is 84.6 cm³/mol. The van der Waals surface area contributed by atoms with Crippen molar-refractivity contribution in [2.45, 2.75) is 13.0 Å². The molecule has 0 fully saturated rings. The van der Waals surface area contributed by atoms with Crippen LogP contribution in [0.4, 0.5) is 5.69 Å². The Morgan fingerprint density at radius 3 is 2.62 bits per heavy atom. The smallest absolute Gasteiger partial charge is 0.245 e. The van der Waals surface area contributed by atoms with Gasteiger partial charge in [0.1, 0.15) is 11.8 Å². The highest BCUT2D eigenvalue weighted by atomic mass is 35.5. The van der Waals surface area contributed by atoms with Crippen molar-refractivity contribution in [2.24, 2.45) is 5.73 Å². The molecule has 1 amide bonds. The highest BCUT2D eigenvalue weighted by Gasteiger charge is 2.16. The van der Waals surface area contributed by atoms with Gasteiger partial charge < -0.3 is 15.8 Å². The van der Waals surface area contributed by atoms with Crippen molar-refractivity contribution in [1.82, 2.24) is 0 Å². The summed E-state index contributed by atoms with van der Waals surface area (Å²) in [5, 5.41) is 3.19. The number of hydrogen-bond acceptors (Lipinski definition) is 3. The van der Waals surface area contributed by atoms with E-state index in [-0.39, 0.29) is 5.91 Å². The van der Waals surface area contributed by atoms with Crippen molar-refractivity contribution < 1.29 is 9.53 Å². The normalized spacial score (nSPS) is 11.8. The average molecular weight is 305 g/mol. The van der Waals surface area contributed by atoms with Gasteiger partial charge in [-0.3, -0.25) is 4.79 Å². The summed E-state index contributed by atoms with van der Waals surface area (Å²) in [7, 11) is 0. The van der Waals surface area contributed by atoms with E-state index in [0.29, 0.717) is 23.1 Å². The van der Waals surface area contributed by atoms with Crippen LogP contribution >= 0.6 is 11.6 Å². The van der Waals surface area contributed by atoms with Crippen molar-refractivity contribution in [3.8, 4) is 5.75 Å². The summed E-state index contributed by atoms with van der Waals surface area (Å²) in [5.74, 6) is 0.297. The van der Waals surface area contributed by atoms with Crippen LogP contribution in [0.3, 0.4) is 0 Å². The van der Waals surface area contributed by atoms with Gasteiger partial charge in [0, 0.05) is 5.69 Å². The monoisotopic (exact) mass is 304 g/mol. The van der Waals surface area contributed by atoms with Gasteiger partial charge in [-0.25, -0.2) is 0 Å². The van der Waals surface area contributed by atoms with Gasteiger partial charge in [-0.05, 0) is 30.7 Å². The first kappa shape index (κ1) is 15.4.